The Morgan fingerprint density at radius 2 is 1.94 bits per heavy atom. The number of hydrogen-bond acceptors (Lipinski definition) is 2. The third-order valence-corrected chi connectivity index (χ3v) is 3.16. The Morgan fingerprint density at radius 1 is 1.25 bits per heavy atom. The summed E-state index contributed by atoms with van der Waals surface area (Å²) < 4.78 is 0. The minimum absolute atomic E-state index is 0.0133. The fourth-order valence-electron chi connectivity index (χ4n) is 2.28. The Labute approximate surface area is 96.4 Å². The second-order valence-electron chi connectivity index (χ2n) is 4.51. The first-order valence-electron chi connectivity index (χ1n) is 6.17. The molecular formula is C12H21NO3. The van der Waals surface area contributed by atoms with Crippen molar-refractivity contribution in [3.8, 4) is 0 Å². The highest BCUT2D eigenvalue weighted by Crippen LogP contribution is 2.23. The van der Waals surface area contributed by atoms with Gasteiger partial charge < -0.3 is 10.4 Å². The van der Waals surface area contributed by atoms with Crippen LogP contribution >= 0.6 is 0 Å². The Morgan fingerprint density at radius 3 is 2.56 bits per heavy atom. The number of carboxylic acid groups (broad SMARTS) is 1. The number of nitrogens with one attached hydrogen (secondary N) is 1. The fraction of sp³-hybridized carbons (Fsp3) is 0.833. The van der Waals surface area contributed by atoms with Gasteiger partial charge in [0.25, 0.3) is 0 Å². The zero-order valence-electron chi connectivity index (χ0n) is 9.87. The van der Waals surface area contributed by atoms with Crippen molar-refractivity contribution in [1.82, 2.24) is 5.32 Å². The van der Waals surface area contributed by atoms with Crippen LogP contribution in [0.4, 0.5) is 0 Å². The summed E-state index contributed by atoms with van der Waals surface area (Å²) in [6, 6.07) is -0.168. The van der Waals surface area contributed by atoms with Crippen LogP contribution in [0.25, 0.3) is 0 Å². The van der Waals surface area contributed by atoms with Crippen LogP contribution in [-0.4, -0.2) is 23.0 Å². The van der Waals surface area contributed by atoms with Crippen LogP contribution in [-0.2, 0) is 9.59 Å². The zero-order valence-corrected chi connectivity index (χ0v) is 9.87. The van der Waals surface area contributed by atoms with Gasteiger partial charge in [0.2, 0.25) is 5.91 Å². The molecule has 1 rings (SSSR count). The van der Waals surface area contributed by atoms with Gasteiger partial charge in [-0.1, -0.05) is 26.2 Å². The molecule has 4 heteroatoms. The molecule has 2 atom stereocenters. The Balaban J connectivity index is 2.57. The van der Waals surface area contributed by atoms with Gasteiger partial charge in [-0.25, -0.2) is 0 Å². The number of carboxylic acids is 1. The van der Waals surface area contributed by atoms with E-state index in [0.29, 0.717) is 12.8 Å². The van der Waals surface area contributed by atoms with Crippen LogP contribution in [0.2, 0.25) is 0 Å². The summed E-state index contributed by atoms with van der Waals surface area (Å²) in [6.07, 6.45) is 5.82. The van der Waals surface area contributed by atoms with Crippen molar-refractivity contribution in [2.45, 2.75) is 57.9 Å². The maximum Gasteiger partial charge on any atom is 0.308 e. The highest BCUT2D eigenvalue weighted by atomic mass is 16.4. The van der Waals surface area contributed by atoms with Crippen LogP contribution < -0.4 is 5.32 Å². The molecule has 0 aromatic carbocycles. The van der Waals surface area contributed by atoms with Gasteiger partial charge in [-0.3, -0.25) is 9.59 Å². The molecule has 1 fully saturated rings. The minimum Gasteiger partial charge on any atom is -0.481 e. The summed E-state index contributed by atoms with van der Waals surface area (Å²) in [7, 11) is 0. The predicted molar refractivity (Wildman–Crippen MR) is 61.0 cm³/mol. The molecule has 0 spiro atoms. The Bertz CT molecular complexity index is 253. The molecule has 0 aliphatic heterocycles. The maximum absolute atomic E-state index is 11.5. The van der Waals surface area contributed by atoms with E-state index < -0.39 is 11.9 Å². The van der Waals surface area contributed by atoms with Gasteiger partial charge in [0.15, 0.2) is 0 Å². The molecule has 0 unspecified atom stereocenters. The van der Waals surface area contributed by atoms with Crippen molar-refractivity contribution >= 4 is 11.9 Å². The molecule has 1 aliphatic rings. The van der Waals surface area contributed by atoms with Crippen LogP contribution in [0, 0.1) is 5.92 Å². The zero-order chi connectivity index (χ0) is 12.0. The highest BCUT2D eigenvalue weighted by Gasteiger charge is 2.30. The van der Waals surface area contributed by atoms with Crippen molar-refractivity contribution in [3.63, 3.8) is 0 Å². The molecule has 0 aromatic rings. The Kier molecular flexibility index (Phi) is 5.29. The molecular weight excluding hydrogens is 206 g/mol. The van der Waals surface area contributed by atoms with Crippen LogP contribution in [0.15, 0.2) is 0 Å². The Hall–Kier alpha value is -1.06. The van der Waals surface area contributed by atoms with Crippen molar-refractivity contribution in [2.75, 3.05) is 0 Å². The first-order chi connectivity index (χ1) is 7.65. The van der Waals surface area contributed by atoms with E-state index in [1.807, 2.05) is 6.92 Å². The van der Waals surface area contributed by atoms with Gasteiger partial charge in [0, 0.05) is 12.5 Å². The summed E-state index contributed by atoms with van der Waals surface area (Å²) in [5.74, 6) is -1.19. The predicted octanol–water partition coefficient (Wildman–Crippen LogP) is 1.94. The second kappa shape index (κ2) is 6.51. The lowest BCUT2D eigenvalue weighted by molar-refractivity contribution is -0.143. The summed E-state index contributed by atoms with van der Waals surface area (Å²) in [4.78, 5) is 22.6. The van der Waals surface area contributed by atoms with E-state index in [4.69, 9.17) is 5.11 Å². The molecule has 2 N–H and O–H groups in total. The second-order valence-corrected chi connectivity index (χ2v) is 4.51. The first-order valence-corrected chi connectivity index (χ1v) is 6.17. The van der Waals surface area contributed by atoms with Crippen LogP contribution in [0.5, 0.6) is 0 Å². The molecule has 1 amide bonds. The van der Waals surface area contributed by atoms with Gasteiger partial charge in [-0.2, -0.15) is 0 Å². The van der Waals surface area contributed by atoms with E-state index in [1.54, 1.807) is 0 Å². The van der Waals surface area contributed by atoms with Crippen molar-refractivity contribution in [2.24, 2.45) is 5.92 Å². The fourth-order valence-corrected chi connectivity index (χ4v) is 2.28. The van der Waals surface area contributed by atoms with Crippen LogP contribution in [0.3, 0.4) is 0 Å². The number of aliphatic carboxylic acids is 1. The van der Waals surface area contributed by atoms with Gasteiger partial charge >= 0.3 is 5.97 Å². The van der Waals surface area contributed by atoms with Crippen molar-refractivity contribution in [1.29, 1.82) is 0 Å². The molecule has 92 valence electrons. The monoisotopic (exact) mass is 227 g/mol. The van der Waals surface area contributed by atoms with E-state index in [1.165, 1.54) is 0 Å². The summed E-state index contributed by atoms with van der Waals surface area (Å²) in [6.45, 7) is 1.95. The van der Waals surface area contributed by atoms with Crippen LogP contribution in [0.1, 0.15) is 51.9 Å². The minimum atomic E-state index is -0.774. The quantitative estimate of drug-likeness (QED) is 0.721. The molecule has 0 aromatic heterocycles. The average molecular weight is 227 g/mol. The number of rotatable bonds is 4. The molecule has 4 nitrogen and oxygen atoms in total. The normalized spacial score (nSPS) is 25.8. The van der Waals surface area contributed by atoms with E-state index in [9.17, 15) is 9.59 Å². The third-order valence-electron chi connectivity index (χ3n) is 3.16. The van der Waals surface area contributed by atoms with Gasteiger partial charge in [0.1, 0.15) is 0 Å². The standard InChI is InChI=1S/C12H21NO3/c1-2-6-11(14)13-10-8-5-3-4-7-9(10)12(15)16/h9-10H,2-8H2,1H3,(H,13,14)(H,15,16)/t9-,10+/m1/s1. The number of carbonyl (C=O) groups is 2. The lowest BCUT2D eigenvalue weighted by Crippen LogP contribution is -2.42. The van der Waals surface area contributed by atoms with E-state index >= 15 is 0 Å². The van der Waals surface area contributed by atoms with E-state index in [2.05, 4.69) is 5.32 Å². The highest BCUT2D eigenvalue weighted by molar-refractivity contribution is 5.78. The summed E-state index contributed by atoms with van der Waals surface area (Å²) in [5, 5.41) is 12.0. The molecule has 0 bridgehead atoms. The molecule has 0 radical (unpaired) electrons. The SMILES string of the molecule is CCCC(=O)N[C@H]1CCCCC[C@H]1C(=O)O. The van der Waals surface area contributed by atoms with Gasteiger partial charge in [-0.15, -0.1) is 0 Å². The van der Waals surface area contributed by atoms with Crippen molar-refractivity contribution < 1.29 is 14.7 Å². The number of hydrogen-bond donors (Lipinski definition) is 2. The smallest absolute Gasteiger partial charge is 0.308 e. The molecule has 0 heterocycles. The van der Waals surface area contributed by atoms with Gasteiger partial charge in [-0.05, 0) is 19.3 Å². The van der Waals surface area contributed by atoms with E-state index in [-0.39, 0.29) is 11.9 Å². The molecule has 0 saturated heterocycles. The first kappa shape index (κ1) is 13.0. The lowest BCUT2D eigenvalue weighted by Gasteiger charge is -2.22. The third kappa shape index (κ3) is 3.83. The number of amides is 1. The molecule has 16 heavy (non-hydrogen) atoms. The van der Waals surface area contributed by atoms with E-state index in [0.717, 1.165) is 32.1 Å². The number of carbonyl (C=O) groups excluding carboxylic acids is 1. The lowest BCUT2D eigenvalue weighted by atomic mass is 9.95. The maximum atomic E-state index is 11.5. The summed E-state index contributed by atoms with van der Waals surface area (Å²) in [5.41, 5.74) is 0. The van der Waals surface area contributed by atoms with Crippen molar-refractivity contribution in [3.05, 3.63) is 0 Å². The largest absolute Gasteiger partial charge is 0.481 e. The molecule has 1 saturated carbocycles. The summed E-state index contributed by atoms with van der Waals surface area (Å²) >= 11 is 0. The van der Waals surface area contributed by atoms with Gasteiger partial charge in [0.05, 0.1) is 5.92 Å². The average Bonchev–Trinajstić information content (AvgIpc) is 2.43. The topological polar surface area (TPSA) is 66.4 Å². The molecule has 1 aliphatic carbocycles.